The van der Waals surface area contributed by atoms with E-state index >= 15 is 0 Å². The van der Waals surface area contributed by atoms with Crippen LogP contribution in [-0.4, -0.2) is 24.4 Å². The lowest BCUT2D eigenvalue weighted by molar-refractivity contribution is -0.186. The summed E-state index contributed by atoms with van der Waals surface area (Å²) in [6.07, 6.45) is -0.1000. The van der Waals surface area contributed by atoms with E-state index in [0.29, 0.717) is 0 Å². The average molecular weight is 226 g/mol. The Kier molecular flexibility index (Phi) is 2.86. The molecule has 88 valence electrons. The van der Waals surface area contributed by atoms with Gasteiger partial charge in [-0.25, -0.2) is 4.39 Å². The molecule has 2 rings (SSSR count). The average Bonchev–Trinajstić information content (AvgIpc) is 2.17. The molecule has 0 aromatic heterocycles. The number of benzene rings is 1. The number of rotatable bonds is 3. The third-order valence-corrected chi connectivity index (χ3v) is 2.51. The largest absolute Gasteiger partial charge is 0.488 e. The second-order valence-corrected chi connectivity index (χ2v) is 4.31. The number of ether oxygens (including phenoxy) is 2. The first-order chi connectivity index (χ1) is 7.53. The summed E-state index contributed by atoms with van der Waals surface area (Å²) >= 11 is 0. The highest BCUT2D eigenvalue weighted by molar-refractivity contribution is 5.36. The van der Waals surface area contributed by atoms with Crippen LogP contribution in [0.2, 0.25) is 0 Å². The van der Waals surface area contributed by atoms with Gasteiger partial charge >= 0.3 is 0 Å². The Morgan fingerprint density at radius 3 is 2.62 bits per heavy atom. The summed E-state index contributed by atoms with van der Waals surface area (Å²) < 4.78 is 24.2. The van der Waals surface area contributed by atoms with Crippen LogP contribution in [0.25, 0.3) is 0 Å². The maximum Gasteiger partial charge on any atom is 0.171 e. The van der Waals surface area contributed by atoms with Crippen LogP contribution >= 0.6 is 0 Å². The SMILES string of the molecule is CC(C)Oc1cccc(C2(O)COC2)c1F. The van der Waals surface area contributed by atoms with Gasteiger partial charge in [0.15, 0.2) is 11.6 Å². The Bertz CT molecular complexity index is 386. The lowest BCUT2D eigenvalue weighted by Gasteiger charge is -2.37. The van der Waals surface area contributed by atoms with Crippen molar-refractivity contribution >= 4 is 0 Å². The second-order valence-electron chi connectivity index (χ2n) is 4.31. The van der Waals surface area contributed by atoms with Gasteiger partial charge < -0.3 is 14.6 Å². The first kappa shape index (κ1) is 11.4. The fourth-order valence-electron chi connectivity index (χ4n) is 1.67. The number of hydrogen-bond acceptors (Lipinski definition) is 3. The fraction of sp³-hybridized carbons (Fsp3) is 0.500. The molecular formula is C12H15FO3. The molecule has 1 aromatic carbocycles. The highest BCUT2D eigenvalue weighted by Crippen LogP contribution is 2.34. The third-order valence-electron chi connectivity index (χ3n) is 2.51. The van der Waals surface area contributed by atoms with Gasteiger partial charge in [0, 0.05) is 5.56 Å². The summed E-state index contributed by atoms with van der Waals surface area (Å²) in [5.41, 5.74) is -0.947. The summed E-state index contributed by atoms with van der Waals surface area (Å²) in [6.45, 7) is 3.92. The first-order valence-electron chi connectivity index (χ1n) is 5.29. The van der Waals surface area contributed by atoms with Gasteiger partial charge in [-0.15, -0.1) is 0 Å². The summed E-state index contributed by atoms with van der Waals surface area (Å²) in [5, 5.41) is 10.0. The van der Waals surface area contributed by atoms with E-state index in [-0.39, 0.29) is 30.6 Å². The minimum atomic E-state index is -1.19. The minimum absolute atomic E-state index is 0.1000. The van der Waals surface area contributed by atoms with Crippen molar-refractivity contribution in [1.29, 1.82) is 0 Å². The molecule has 0 aliphatic carbocycles. The molecular weight excluding hydrogens is 211 g/mol. The quantitative estimate of drug-likeness (QED) is 0.854. The van der Waals surface area contributed by atoms with Gasteiger partial charge in [-0.2, -0.15) is 0 Å². The zero-order valence-electron chi connectivity index (χ0n) is 9.37. The molecule has 1 saturated heterocycles. The van der Waals surface area contributed by atoms with E-state index < -0.39 is 11.4 Å². The molecule has 1 N–H and O–H groups in total. The number of aliphatic hydroxyl groups is 1. The van der Waals surface area contributed by atoms with Crippen LogP contribution in [0.4, 0.5) is 4.39 Å². The van der Waals surface area contributed by atoms with Gasteiger partial charge in [0.05, 0.1) is 19.3 Å². The standard InChI is InChI=1S/C12H15FO3/c1-8(2)16-10-5-3-4-9(11(10)13)12(14)6-15-7-12/h3-5,8,14H,6-7H2,1-2H3. The number of halogens is 1. The van der Waals surface area contributed by atoms with Crippen molar-refractivity contribution in [3.8, 4) is 5.75 Å². The highest BCUT2D eigenvalue weighted by atomic mass is 19.1. The van der Waals surface area contributed by atoms with Crippen LogP contribution in [0.15, 0.2) is 18.2 Å². The van der Waals surface area contributed by atoms with Crippen LogP contribution < -0.4 is 4.74 Å². The molecule has 1 heterocycles. The Hall–Kier alpha value is -1.13. The third kappa shape index (κ3) is 1.90. The van der Waals surface area contributed by atoms with Crippen molar-refractivity contribution in [2.75, 3.05) is 13.2 Å². The molecule has 1 fully saturated rings. The minimum Gasteiger partial charge on any atom is -0.488 e. The summed E-state index contributed by atoms with van der Waals surface area (Å²) in [4.78, 5) is 0. The molecule has 0 amide bonds. The second kappa shape index (κ2) is 4.03. The van der Waals surface area contributed by atoms with Crippen LogP contribution in [0.5, 0.6) is 5.75 Å². The summed E-state index contributed by atoms with van der Waals surface area (Å²) in [6, 6.07) is 4.79. The molecule has 4 heteroatoms. The lowest BCUT2D eigenvalue weighted by Crippen LogP contribution is -2.47. The van der Waals surface area contributed by atoms with E-state index in [2.05, 4.69) is 0 Å². The van der Waals surface area contributed by atoms with Gasteiger partial charge in [0.1, 0.15) is 5.60 Å². The van der Waals surface area contributed by atoms with Gasteiger partial charge in [0.25, 0.3) is 0 Å². The summed E-state index contributed by atoms with van der Waals surface area (Å²) in [5.74, 6) is -0.324. The zero-order chi connectivity index (χ0) is 11.8. The Morgan fingerprint density at radius 1 is 1.44 bits per heavy atom. The molecule has 16 heavy (non-hydrogen) atoms. The van der Waals surface area contributed by atoms with Crippen molar-refractivity contribution < 1.29 is 19.0 Å². The fourth-order valence-corrected chi connectivity index (χ4v) is 1.67. The van der Waals surface area contributed by atoms with Gasteiger partial charge in [0.2, 0.25) is 0 Å². The normalized spacial score (nSPS) is 18.3. The maximum atomic E-state index is 14.0. The maximum absolute atomic E-state index is 14.0. The van der Waals surface area contributed by atoms with E-state index in [0.717, 1.165) is 0 Å². The predicted octanol–water partition coefficient (Wildman–Crippen LogP) is 1.83. The number of hydrogen-bond donors (Lipinski definition) is 1. The molecule has 1 aliphatic heterocycles. The Morgan fingerprint density at radius 2 is 2.12 bits per heavy atom. The van der Waals surface area contributed by atoms with E-state index in [4.69, 9.17) is 9.47 Å². The molecule has 1 aromatic rings. The monoisotopic (exact) mass is 226 g/mol. The Labute approximate surface area is 93.8 Å². The predicted molar refractivity (Wildman–Crippen MR) is 56.9 cm³/mol. The van der Waals surface area contributed by atoms with Crippen molar-refractivity contribution in [1.82, 2.24) is 0 Å². The zero-order valence-corrected chi connectivity index (χ0v) is 9.37. The molecule has 3 nitrogen and oxygen atoms in total. The van der Waals surface area contributed by atoms with Crippen LogP contribution in [-0.2, 0) is 10.3 Å². The van der Waals surface area contributed by atoms with Gasteiger partial charge in [-0.05, 0) is 19.9 Å². The van der Waals surface area contributed by atoms with E-state index in [9.17, 15) is 9.50 Å². The van der Waals surface area contributed by atoms with Gasteiger partial charge in [-0.1, -0.05) is 12.1 Å². The molecule has 0 atom stereocenters. The Balaban J connectivity index is 2.33. The van der Waals surface area contributed by atoms with Crippen molar-refractivity contribution in [3.05, 3.63) is 29.6 Å². The topological polar surface area (TPSA) is 38.7 Å². The van der Waals surface area contributed by atoms with Crippen molar-refractivity contribution in [2.45, 2.75) is 25.6 Å². The van der Waals surface area contributed by atoms with Crippen molar-refractivity contribution in [3.63, 3.8) is 0 Å². The van der Waals surface area contributed by atoms with E-state index in [1.165, 1.54) is 0 Å². The summed E-state index contributed by atoms with van der Waals surface area (Å²) in [7, 11) is 0. The smallest absolute Gasteiger partial charge is 0.171 e. The molecule has 0 saturated carbocycles. The van der Waals surface area contributed by atoms with E-state index in [1.807, 2.05) is 13.8 Å². The first-order valence-corrected chi connectivity index (χ1v) is 5.29. The molecule has 0 unspecified atom stereocenters. The van der Waals surface area contributed by atoms with Gasteiger partial charge in [-0.3, -0.25) is 0 Å². The van der Waals surface area contributed by atoms with Crippen LogP contribution in [0, 0.1) is 5.82 Å². The highest BCUT2D eigenvalue weighted by Gasteiger charge is 2.40. The van der Waals surface area contributed by atoms with Crippen molar-refractivity contribution in [2.24, 2.45) is 0 Å². The molecule has 0 bridgehead atoms. The van der Waals surface area contributed by atoms with E-state index in [1.54, 1.807) is 18.2 Å². The molecule has 1 aliphatic rings. The molecule has 0 radical (unpaired) electrons. The van der Waals surface area contributed by atoms with Crippen LogP contribution in [0.3, 0.4) is 0 Å². The van der Waals surface area contributed by atoms with Crippen LogP contribution in [0.1, 0.15) is 19.4 Å². The molecule has 0 spiro atoms. The lowest BCUT2D eigenvalue weighted by atomic mass is 9.91.